The molecule has 5 heteroatoms. The van der Waals surface area contributed by atoms with Gasteiger partial charge in [-0.15, -0.1) is 0 Å². The highest BCUT2D eigenvalue weighted by Crippen LogP contribution is 2.26. The van der Waals surface area contributed by atoms with Crippen molar-refractivity contribution in [3.05, 3.63) is 52.3 Å². The lowest BCUT2D eigenvalue weighted by atomic mass is 10.0. The van der Waals surface area contributed by atoms with E-state index in [-0.39, 0.29) is 17.1 Å². The fourth-order valence-corrected chi connectivity index (χ4v) is 2.06. The van der Waals surface area contributed by atoms with E-state index < -0.39 is 6.61 Å². The Morgan fingerprint density at radius 2 is 1.80 bits per heavy atom. The van der Waals surface area contributed by atoms with Gasteiger partial charge in [-0.05, 0) is 44.0 Å². The number of para-hydroxylation sites is 1. The minimum absolute atomic E-state index is 0.114. The third-order valence-corrected chi connectivity index (χ3v) is 3.39. The molecule has 0 bridgehead atoms. The summed E-state index contributed by atoms with van der Waals surface area (Å²) in [5.41, 5.74) is 3.22. The summed E-state index contributed by atoms with van der Waals surface area (Å²) in [5, 5.41) is 0. The van der Waals surface area contributed by atoms with E-state index in [4.69, 9.17) is 0 Å². The van der Waals surface area contributed by atoms with Crippen LogP contribution in [0.3, 0.4) is 0 Å². The molecule has 0 aliphatic carbocycles. The van der Waals surface area contributed by atoms with E-state index in [0.29, 0.717) is 5.69 Å². The lowest BCUT2D eigenvalue weighted by Gasteiger charge is -2.09. The summed E-state index contributed by atoms with van der Waals surface area (Å²) in [6.07, 6.45) is 0. The molecule has 1 N–H and O–H groups in total. The average Bonchev–Trinajstić information content (AvgIpc) is 2.66. The van der Waals surface area contributed by atoms with Crippen molar-refractivity contribution in [2.45, 2.75) is 27.4 Å². The van der Waals surface area contributed by atoms with Crippen LogP contribution in [0.15, 0.2) is 24.3 Å². The zero-order valence-corrected chi connectivity index (χ0v) is 11.5. The van der Waals surface area contributed by atoms with Crippen molar-refractivity contribution < 1.29 is 18.3 Å². The molecule has 20 heavy (non-hydrogen) atoms. The lowest BCUT2D eigenvalue weighted by molar-refractivity contribution is -0.0501. The van der Waals surface area contributed by atoms with Gasteiger partial charge in [0.25, 0.3) is 0 Å². The van der Waals surface area contributed by atoms with Gasteiger partial charge in [-0.1, -0.05) is 12.1 Å². The largest absolute Gasteiger partial charge is 0.434 e. The fourth-order valence-electron chi connectivity index (χ4n) is 2.06. The normalized spacial score (nSPS) is 10.9. The summed E-state index contributed by atoms with van der Waals surface area (Å²) >= 11 is 0. The molecule has 1 aromatic heterocycles. The first-order valence-electron chi connectivity index (χ1n) is 6.16. The van der Waals surface area contributed by atoms with E-state index in [1.165, 1.54) is 12.1 Å². The Bertz CT molecular complexity index is 647. The van der Waals surface area contributed by atoms with Crippen LogP contribution in [0.4, 0.5) is 8.78 Å². The first-order chi connectivity index (χ1) is 9.41. The van der Waals surface area contributed by atoms with Crippen molar-refractivity contribution in [2.24, 2.45) is 0 Å². The lowest BCUT2D eigenvalue weighted by Crippen LogP contribution is -2.10. The van der Waals surface area contributed by atoms with E-state index >= 15 is 0 Å². The van der Waals surface area contributed by atoms with Crippen LogP contribution in [0.1, 0.15) is 32.9 Å². The second kappa shape index (κ2) is 5.45. The molecule has 3 nitrogen and oxygen atoms in total. The van der Waals surface area contributed by atoms with Crippen LogP contribution < -0.4 is 4.74 Å². The van der Waals surface area contributed by atoms with E-state index in [2.05, 4.69) is 9.72 Å². The Hall–Kier alpha value is -2.17. The van der Waals surface area contributed by atoms with Gasteiger partial charge in [0, 0.05) is 5.69 Å². The number of alkyl halides is 2. The second-order valence-corrected chi connectivity index (χ2v) is 4.58. The molecule has 0 atom stereocenters. The molecule has 0 radical (unpaired) electrons. The van der Waals surface area contributed by atoms with E-state index in [1.54, 1.807) is 12.1 Å². The quantitative estimate of drug-likeness (QED) is 0.865. The van der Waals surface area contributed by atoms with Crippen molar-refractivity contribution in [3.8, 4) is 5.75 Å². The minimum Gasteiger partial charge on any atom is -0.434 e. The number of nitrogens with one attached hydrogen (secondary N) is 1. The van der Waals surface area contributed by atoms with Gasteiger partial charge in [0.05, 0.1) is 11.3 Å². The predicted molar refractivity (Wildman–Crippen MR) is 71.5 cm³/mol. The molecule has 106 valence electrons. The number of halogens is 2. The van der Waals surface area contributed by atoms with Crippen LogP contribution in [0.2, 0.25) is 0 Å². The number of rotatable bonds is 4. The van der Waals surface area contributed by atoms with Crippen LogP contribution in [0.25, 0.3) is 0 Å². The molecular formula is C15H15F2NO2. The van der Waals surface area contributed by atoms with Crippen LogP contribution in [0, 0.1) is 20.8 Å². The monoisotopic (exact) mass is 279 g/mol. The molecule has 0 spiro atoms. The summed E-state index contributed by atoms with van der Waals surface area (Å²) in [6.45, 7) is 2.63. The third-order valence-electron chi connectivity index (χ3n) is 3.39. The predicted octanol–water partition coefficient (Wildman–Crippen LogP) is 3.77. The molecule has 0 fully saturated rings. The maximum Gasteiger partial charge on any atom is 0.387 e. The van der Waals surface area contributed by atoms with E-state index in [1.807, 2.05) is 20.8 Å². The molecule has 1 aromatic carbocycles. The maximum atomic E-state index is 12.5. The summed E-state index contributed by atoms with van der Waals surface area (Å²) in [5.74, 6) is -0.466. The van der Waals surface area contributed by atoms with Crippen LogP contribution in [-0.2, 0) is 0 Å². The van der Waals surface area contributed by atoms with Gasteiger partial charge in [-0.3, -0.25) is 4.79 Å². The zero-order valence-electron chi connectivity index (χ0n) is 11.5. The van der Waals surface area contributed by atoms with Crippen molar-refractivity contribution in [1.29, 1.82) is 0 Å². The van der Waals surface area contributed by atoms with Crippen LogP contribution in [0.5, 0.6) is 5.75 Å². The van der Waals surface area contributed by atoms with Crippen molar-refractivity contribution >= 4 is 5.78 Å². The van der Waals surface area contributed by atoms with Gasteiger partial charge in [-0.25, -0.2) is 0 Å². The third kappa shape index (κ3) is 2.57. The fraction of sp³-hybridized carbons (Fsp3) is 0.267. The highest BCUT2D eigenvalue weighted by Gasteiger charge is 2.21. The van der Waals surface area contributed by atoms with Gasteiger partial charge in [0.1, 0.15) is 5.75 Å². The molecule has 2 aromatic rings. The maximum absolute atomic E-state index is 12.5. The second-order valence-electron chi connectivity index (χ2n) is 4.58. The number of carbonyl (C=O) groups is 1. The Morgan fingerprint density at radius 3 is 2.35 bits per heavy atom. The number of H-pyrrole nitrogens is 1. The smallest absolute Gasteiger partial charge is 0.387 e. The molecule has 0 unspecified atom stereocenters. The first-order valence-corrected chi connectivity index (χ1v) is 6.16. The molecule has 0 aliphatic rings. The van der Waals surface area contributed by atoms with Crippen molar-refractivity contribution in [3.63, 3.8) is 0 Å². The molecule has 0 saturated carbocycles. The Kier molecular flexibility index (Phi) is 3.88. The van der Waals surface area contributed by atoms with Gasteiger partial charge >= 0.3 is 6.61 Å². The highest BCUT2D eigenvalue weighted by molar-refractivity contribution is 6.10. The number of aromatic nitrogens is 1. The van der Waals surface area contributed by atoms with Crippen LogP contribution in [-0.4, -0.2) is 17.4 Å². The average molecular weight is 279 g/mol. The Balaban J connectivity index is 2.46. The number of carbonyl (C=O) groups excluding carboxylic acids is 1. The number of aryl methyl sites for hydroxylation is 1. The summed E-state index contributed by atoms with van der Waals surface area (Å²) < 4.78 is 29.1. The standard InChI is InChI=1S/C15H15F2NO2/c1-8-9(2)13(18-10(8)3)14(19)11-6-4-5-7-12(11)20-15(16)17/h4-7,15,18H,1-3H3. The number of ether oxygens (including phenoxy) is 1. The van der Waals surface area contributed by atoms with Gasteiger partial charge in [0.2, 0.25) is 5.78 Å². The number of aromatic amines is 1. The molecule has 1 heterocycles. The van der Waals surface area contributed by atoms with Gasteiger partial charge in [-0.2, -0.15) is 8.78 Å². The SMILES string of the molecule is Cc1[nH]c(C(=O)c2ccccc2OC(F)F)c(C)c1C. The Labute approximate surface area is 115 Å². The van der Waals surface area contributed by atoms with Gasteiger partial charge < -0.3 is 9.72 Å². The van der Waals surface area contributed by atoms with Gasteiger partial charge in [0.15, 0.2) is 0 Å². The number of hydrogen-bond acceptors (Lipinski definition) is 2. The minimum atomic E-state index is -2.96. The number of ketones is 1. The summed E-state index contributed by atoms with van der Waals surface area (Å²) in [7, 11) is 0. The highest BCUT2D eigenvalue weighted by atomic mass is 19.3. The number of benzene rings is 1. The number of hydrogen-bond donors (Lipinski definition) is 1. The van der Waals surface area contributed by atoms with Crippen LogP contribution >= 0.6 is 0 Å². The zero-order chi connectivity index (χ0) is 14.9. The molecule has 0 saturated heterocycles. The molecule has 0 aliphatic heterocycles. The summed E-state index contributed by atoms with van der Waals surface area (Å²) in [6, 6.07) is 6.00. The Morgan fingerprint density at radius 1 is 1.15 bits per heavy atom. The topological polar surface area (TPSA) is 42.1 Å². The van der Waals surface area contributed by atoms with Crippen molar-refractivity contribution in [1.82, 2.24) is 4.98 Å². The van der Waals surface area contributed by atoms with E-state index in [0.717, 1.165) is 16.8 Å². The molecular weight excluding hydrogens is 264 g/mol. The first kappa shape index (κ1) is 14.2. The molecule has 2 rings (SSSR count). The summed E-state index contributed by atoms with van der Waals surface area (Å²) in [4.78, 5) is 15.5. The van der Waals surface area contributed by atoms with Crippen molar-refractivity contribution in [2.75, 3.05) is 0 Å². The molecule has 0 amide bonds. The van der Waals surface area contributed by atoms with E-state index in [9.17, 15) is 13.6 Å².